The second-order valence-corrected chi connectivity index (χ2v) is 8.54. The molecule has 7 heteroatoms. The van der Waals surface area contributed by atoms with Crippen molar-refractivity contribution in [2.45, 2.75) is 13.3 Å². The van der Waals surface area contributed by atoms with Gasteiger partial charge in [0.25, 0.3) is 5.91 Å². The Balaban J connectivity index is 1.84. The smallest absolute Gasteiger partial charge is 0.252 e. The maximum absolute atomic E-state index is 12.9. The number of thiazole rings is 1. The largest absolute Gasteiger partial charge is 0.494 e. The van der Waals surface area contributed by atoms with E-state index >= 15 is 0 Å². The number of hydrogen-bond donors (Lipinski definition) is 0. The van der Waals surface area contributed by atoms with E-state index in [1.807, 2.05) is 62.8 Å². The van der Waals surface area contributed by atoms with Crippen molar-refractivity contribution in [3.63, 3.8) is 0 Å². The minimum Gasteiger partial charge on any atom is -0.494 e. The minimum absolute atomic E-state index is 0.0451. The Hall–Kier alpha value is -2.22. The molecule has 1 aromatic carbocycles. The van der Waals surface area contributed by atoms with Gasteiger partial charge in [-0.25, -0.2) is 4.98 Å². The average Bonchev–Trinajstić information content (AvgIpc) is 3.32. The third-order valence-corrected chi connectivity index (χ3v) is 5.96. The van der Waals surface area contributed by atoms with Crippen molar-refractivity contribution < 1.29 is 9.53 Å². The highest BCUT2D eigenvalue weighted by Gasteiger charge is 2.18. The molecule has 0 radical (unpaired) electrons. The molecule has 28 heavy (non-hydrogen) atoms. The fraction of sp³-hybridized carbons (Fsp3) is 0.333. The molecule has 3 aromatic rings. The lowest BCUT2D eigenvalue weighted by Gasteiger charge is -2.19. The standard InChI is InChI=1S/C21H25N3O2S2/c1-4-26-16-8-10-18-19(15-16)28-21(22-18)24(13-6-12-23(2)3)20(25)11-9-17-7-5-14-27-17/h5,7-11,14-15H,4,6,12-13H2,1-3H3/b11-9+. The van der Waals surface area contributed by atoms with E-state index in [1.165, 1.54) is 11.3 Å². The third kappa shape index (κ3) is 5.41. The summed E-state index contributed by atoms with van der Waals surface area (Å²) in [5.74, 6) is 0.782. The van der Waals surface area contributed by atoms with Gasteiger partial charge in [-0.15, -0.1) is 11.3 Å². The molecule has 0 unspecified atom stereocenters. The first-order chi connectivity index (χ1) is 13.6. The van der Waals surface area contributed by atoms with E-state index in [4.69, 9.17) is 9.72 Å². The molecule has 0 aliphatic rings. The molecule has 2 aromatic heterocycles. The van der Waals surface area contributed by atoms with Gasteiger partial charge in [-0.05, 0) is 69.7 Å². The van der Waals surface area contributed by atoms with Gasteiger partial charge in [-0.1, -0.05) is 17.4 Å². The van der Waals surface area contributed by atoms with Gasteiger partial charge in [-0.2, -0.15) is 0 Å². The van der Waals surface area contributed by atoms with Gasteiger partial charge < -0.3 is 9.64 Å². The molecule has 0 aliphatic carbocycles. The van der Waals surface area contributed by atoms with Crippen molar-refractivity contribution in [3.8, 4) is 5.75 Å². The van der Waals surface area contributed by atoms with Crippen LogP contribution in [0.3, 0.4) is 0 Å². The molecule has 2 heterocycles. The molecule has 5 nitrogen and oxygen atoms in total. The van der Waals surface area contributed by atoms with E-state index in [2.05, 4.69) is 4.90 Å². The predicted octanol–water partition coefficient (Wildman–Crippen LogP) is 4.75. The number of benzene rings is 1. The quantitative estimate of drug-likeness (QED) is 0.473. The Morgan fingerprint density at radius 2 is 2.11 bits per heavy atom. The van der Waals surface area contributed by atoms with Crippen LogP contribution in [0.5, 0.6) is 5.75 Å². The second kappa shape index (κ2) is 9.82. The van der Waals surface area contributed by atoms with Crippen LogP contribution in [-0.2, 0) is 4.79 Å². The highest BCUT2D eigenvalue weighted by Crippen LogP contribution is 2.32. The van der Waals surface area contributed by atoms with E-state index in [-0.39, 0.29) is 5.91 Å². The Labute approximate surface area is 173 Å². The number of fused-ring (bicyclic) bond motifs is 1. The summed E-state index contributed by atoms with van der Waals surface area (Å²) < 4.78 is 6.61. The number of rotatable bonds is 9. The zero-order valence-corrected chi connectivity index (χ0v) is 18.1. The number of carbonyl (C=O) groups is 1. The first kappa shape index (κ1) is 20.5. The van der Waals surface area contributed by atoms with Crippen molar-refractivity contribution in [2.24, 2.45) is 0 Å². The number of carbonyl (C=O) groups excluding carboxylic acids is 1. The van der Waals surface area contributed by atoms with Crippen LogP contribution in [0.15, 0.2) is 41.8 Å². The van der Waals surface area contributed by atoms with Gasteiger partial charge in [0.15, 0.2) is 5.13 Å². The number of hydrogen-bond acceptors (Lipinski definition) is 6. The van der Waals surface area contributed by atoms with Crippen LogP contribution in [-0.4, -0.2) is 49.6 Å². The maximum atomic E-state index is 12.9. The first-order valence-electron chi connectivity index (χ1n) is 9.28. The molecule has 0 bridgehead atoms. The number of aromatic nitrogens is 1. The number of anilines is 1. The average molecular weight is 416 g/mol. The van der Waals surface area contributed by atoms with Crippen LogP contribution >= 0.6 is 22.7 Å². The summed E-state index contributed by atoms with van der Waals surface area (Å²) in [6, 6.07) is 9.84. The predicted molar refractivity (Wildman–Crippen MR) is 120 cm³/mol. The summed E-state index contributed by atoms with van der Waals surface area (Å²) >= 11 is 3.14. The molecule has 1 amide bonds. The highest BCUT2D eigenvalue weighted by atomic mass is 32.1. The summed E-state index contributed by atoms with van der Waals surface area (Å²) in [5, 5.41) is 2.73. The normalized spacial score (nSPS) is 11.6. The molecule has 148 valence electrons. The molecule has 0 fully saturated rings. The lowest BCUT2D eigenvalue weighted by atomic mass is 10.3. The topological polar surface area (TPSA) is 45.7 Å². The summed E-state index contributed by atoms with van der Waals surface area (Å²) in [5.41, 5.74) is 0.885. The Kier molecular flexibility index (Phi) is 7.19. The van der Waals surface area contributed by atoms with Crippen LogP contribution in [0.25, 0.3) is 16.3 Å². The van der Waals surface area contributed by atoms with Crippen molar-refractivity contribution in [1.29, 1.82) is 0 Å². The van der Waals surface area contributed by atoms with Crippen LogP contribution in [0.2, 0.25) is 0 Å². The molecule has 0 spiro atoms. The molecule has 0 saturated heterocycles. The maximum Gasteiger partial charge on any atom is 0.252 e. The van der Waals surface area contributed by atoms with Crippen molar-refractivity contribution >= 4 is 50.0 Å². The molecular formula is C21H25N3O2S2. The van der Waals surface area contributed by atoms with E-state index in [0.717, 1.165) is 38.9 Å². The molecule has 0 atom stereocenters. The van der Waals surface area contributed by atoms with E-state index in [9.17, 15) is 4.79 Å². The summed E-state index contributed by atoms with van der Waals surface area (Å²) in [6.07, 6.45) is 4.39. The molecule has 3 rings (SSSR count). The lowest BCUT2D eigenvalue weighted by Crippen LogP contribution is -2.32. The van der Waals surface area contributed by atoms with E-state index < -0.39 is 0 Å². The zero-order valence-electron chi connectivity index (χ0n) is 16.4. The molecular weight excluding hydrogens is 390 g/mol. The zero-order chi connectivity index (χ0) is 19.9. The van der Waals surface area contributed by atoms with Crippen molar-refractivity contribution in [3.05, 3.63) is 46.7 Å². The van der Waals surface area contributed by atoms with Gasteiger partial charge >= 0.3 is 0 Å². The highest BCUT2D eigenvalue weighted by molar-refractivity contribution is 7.22. The number of amides is 1. The van der Waals surface area contributed by atoms with Crippen molar-refractivity contribution in [2.75, 3.05) is 38.7 Å². The summed E-state index contributed by atoms with van der Waals surface area (Å²) in [7, 11) is 4.08. The van der Waals surface area contributed by atoms with Crippen LogP contribution < -0.4 is 9.64 Å². The first-order valence-corrected chi connectivity index (χ1v) is 11.0. The number of nitrogens with zero attached hydrogens (tertiary/aromatic N) is 3. The summed E-state index contributed by atoms with van der Waals surface area (Å²) in [6.45, 7) is 4.13. The number of ether oxygens (including phenoxy) is 1. The third-order valence-electron chi connectivity index (χ3n) is 4.08. The van der Waals surface area contributed by atoms with E-state index in [1.54, 1.807) is 22.3 Å². The monoisotopic (exact) mass is 415 g/mol. The van der Waals surface area contributed by atoms with Gasteiger partial charge in [0, 0.05) is 17.5 Å². The lowest BCUT2D eigenvalue weighted by molar-refractivity contribution is -0.114. The molecule has 0 N–H and O–H groups in total. The van der Waals surface area contributed by atoms with Crippen LogP contribution in [0.4, 0.5) is 5.13 Å². The Morgan fingerprint density at radius 3 is 2.82 bits per heavy atom. The van der Waals surface area contributed by atoms with E-state index in [0.29, 0.717) is 13.2 Å². The number of thiophene rings is 1. The molecule has 0 aliphatic heterocycles. The Morgan fingerprint density at radius 1 is 1.25 bits per heavy atom. The second-order valence-electron chi connectivity index (χ2n) is 6.55. The van der Waals surface area contributed by atoms with Gasteiger partial charge in [0.2, 0.25) is 0 Å². The fourth-order valence-electron chi connectivity index (χ4n) is 2.74. The Bertz CT molecular complexity index is 932. The van der Waals surface area contributed by atoms with Gasteiger partial charge in [0.1, 0.15) is 5.75 Å². The summed E-state index contributed by atoms with van der Waals surface area (Å²) in [4.78, 5) is 22.6. The van der Waals surface area contributed by atoms with Crippen LogP contribution in [0, 0.1) is 0 Å². The molecule has 0 saturated carbocycles. The van der Waals surface area contributed by atoms with Crippen molar-refractivity contribution in [1.82, 2.24) is 9.88 Å². The SMILES string of the molecule is CCOc1ccc2nc(N(CCCN(C)C)C(=O)/C=C/c3cccs3)sc2c1. The van der Waals surface area contributed by atoms with Gasteiger partial charge in [0.05, 0.1) is 16.8 Å². The van der Waals surface area contributed by atoms with Crippen LogP contribution in [0.1, 0.15) is 18.2 Å². The van der Waals surface area contributed by atoms with Gasteiger partial charge in [-0.3, -0.25) is 9.69 Å². The fourth-order valence-corrected chi connectivity index (χ4v) is 4.38. The minimum atomic E-state index is -0.0451.